The Hall–Kier alpha value is -2.32. The zero-order valence-electron chi connectivity index (χ0n) is 17.0. The number of hydrogen-bond donors (Lipinski definition) is 2. The van der Waals surface area contributed by atoms with E-state index in [1.807, 2.05) is 24.3 Å². The third-order valence-corrected chi connectivity index (χ3v) is 7.35. The van der Waals surface area contributed by atoms with Gasteiger partial charge >= 0.3 is 0 Å². The van der Waals surface area contributed by atoms with Gasteiger partial charge in [0.2, 0.25) is 5.91 Å². The molecule has 0 spiro atoms. The van der Waals surface area contributed by atoms with Crippen LogP contribution in [0.25, 0.3) is 10.2 Å². The number of carbonyl (C=O) groups is 1. The standard InChI is InChI=1S/C22H25N3O3S2/c1-28-15-9-7-14(8-10-15)4-3-11-23-19(26)13-29-12-18-24-21(27)20-16-5-2-6-17(16)30-22(20)25-18/h7-10H,2-6,11-13H2,1H3,(H,23,26)(H,24,25,27). The van der Waals surface area contributed by atoms with Gasteiger partial charge < -0.3 is 15.0 Å². The van der Waals surface area contributed by atoms with E-state index >= 15 is 0 Å². The molecule has 0 aliphatic heterocycles. The van der Waals surface area contributed by atoms with Gasteiger partial charge in [0.15, 0.2) is 0 Å². The van der Waals surface area contributed by atoms with Crippen LogP contribution >= 0.6 is 23.1 Å². The monoisotopic (exact) mass is 443 g/mol. The van der Waals surface area contributed by atoms with Crippen molar-refractivity contribution < 1.29 is 9.53 Å². The summed E-state index contributed by atoms with van der Waals surface area (Å²) in [6.45, 7) is 0.646. The van der Waals surface area contributed by atoms with Crippen LogP contribution in [0.15, 0.2) is 29.1 Å². The number of H-pyrrole nitrogens is 1. The molecule has 0 bridgehead atoms. The first-order chi connectivity index (χ1) is 14.6. The van der Waals surface area contributed by atoms with Crippen LogP contribution in [0, 0.1) is 0 Å². The van der Waals surface area contributed by atoms with Crippen molar-refractivity contribution in [1.82, 2.24) is 15.3 Å². The highest BCUT2D eigenvalue weighted by atomic mass is 32.2. The van der Waals surface area contributed by atoms with Gasteiger partial charge in [0.1, 0.15) is 16.4 Å². The average molecular weight is 444 g/mol. The molecule has 0 unspecified atom stereocenters. The number of fused-ring (bicyclic) bond motifs is 3. The minimum atomic E-state index is -0.0435. The number of thioether (sulfide) groups is 1. The third-order valence-electron chi connectivity index (χ3n) is 5.22. The van der Waals surface area contributed by atoms with Crippen LogP contribution in [0.4, 0.5) is 0 Å². The topological polar surface area (TPSA) is 84.1 Å². The largest absolute Gasteiger partial charge is 0.497 e. The summed E-state index contributed by atoms with van der Waals surface area (Å²) < 4.78 is 5.15. The molecular weight excluding hydrogens is 418 g/mol. The predicted octanol–water partition coefficient (Wildman–Crippen LogP) is 3.46. The molecule has 0 radical (unpaired) electrons. The molecule has 0 fully saturated rings. The van der Waals surface area contributed by atoms with Gasteiger partial charge in [-0.05, 0) is 55.4 Å². The molecule has 2 heterocycles. The molecule has 8 heteroatoms. The highest BCUT2D eigenvalue weighted by molar-refractivity contribution is 7.99. The maximum atomic E-state index is 12.5. The van der Waals surface area contributed by atoms with Crippen LogP contribution in [0.1, 0.15) is 34.7 Å². The number of thiophene rings is 1. The first-order valence-electron chi connectivity index (χ1n) is 10.1. The lowest BCUT2D eigenvalue weighted by atomic mass is 10.1. The number of methoxy groups -OCH3 is 1. The second kappa shape index (κ2) is 9.66. The maximum absolute atomic E-state index is 12.5. The van der Waals surface area contributed by atoms with Gasteiger partial charge in [-0.2, -0.15) is 0 Å². The number of nitrogens with one attached hydrogen (secondary N) is 2. The highest BCUT2D eigenvalue weighted by Gasteiger charge is 2.21. The molecule has 1 aromatic carbocycles. The van der Waals surface area contributed by atoms with Crippen LogP contribution in [0.3, 0.4) is 0 Å². The quantitative estimate of drug-likeness (QED) is 0.495. The lowest BCUT2D eigenvalue weighted by molar-refractivity contribution is -0.118. The van der Waals surface area contributed by atoms with Crippen molar-refractivity contribution in [2.24, 2.45) is 0 Å². The van der Waals surface area contributed by atoms with E-state index in [0.717, 1.165) is 48.1 Å². The normalized spacial score (nSPS) is 12.8. The molecule has 0 saturated carbocycles. The molecular formula is C22H25N3O3S2. The van der Waals surface area contributed by atoms with Crippen LogP contribution in [-0.4, -0.2) is 35.3 Å². The van der Waals surface area contributed by atoms with Crippen LogP contribution in [0.5, 0.6) is 5.75 Å². The second-order valence-electron chi connectivity index (χ2n) is 7.34. The van der Waals surface area contributed by atoms with Gasteiger partial charge in [-0.25, -0.2) is 4.98 Å². The van der Waals surface area contributed by atoms with Gasteiger partial charge in [0.05, 0.1) is 24.0 Å². The molecule has 2 N–H and O–H groups in total. The number of aromatic amines is 1. The smallest absolute Gasteiger partial charge is 0.259 e. The molecule has 1 aliphatic rings. The molecule has 1 amide bonds. The van der Waals surface area contributed by atoms with E-state index in [1.54, 1.807) is 18.4 Å². The first-order valence-corrected chi connectivity index (χ1v) is 12.1. The minimum absolute atomic E-state index is 0.00764. The summed E-state index contributed by atoms with van der Waals surface area (Å²) in [7, 11) is 1.66. The van der Waals surface area contributed by atoms with Crippen molar-refractivity contribution in [3.05, 3.63) is 56.4 Å². The van der Waals surface area contributed by atoms with E-state index < -0.39 is 0 Å². The van der Waals surface area contributed by atoms with E-state index in [1.165, 1.54) is 27.8 Å². The Kier molecular flexibility index (Phi) is 6.74. The number of aryl methyl sites for hydroxylation is 3. The number of aromatic nitrogens is 2. The summed E-state index contributed by atoms with van der Waals surface area (Å²) in [6, 6.07) is 7.99. The number of ether oxygens (including phenoxy) is 1. The second-order valence-corrected chi connectivity index (χ2v) is 9.41. The van der Waals surface area contributed by atoms with Gasteiger partial charge in [0, 0.05) is 11.4 Å². The molecule has 1 aliphatic carbocycles. The zero-order chi connectivity index (χ0) is 20.9. The van der Waals surface area contributed by atoms with Crippen LogP contribution in [-0.2, 0) is 29.8 Å². The van der Waals surface area contributed by atoms with Gasteiger partial charge in [-0.3, -0.25) is 9.59 Å². The first kappa shape index (κ1) is 20.9. The van der Waals surface area contributed by atoms with Crippen molar-refractivity contribution in [1.29, 1.82) is 0 Å². The molecule has 158 valence electrons. The van der Waals surface area contributed by atoms with Crippen molar-refractivity contribution in [2.45, 2.75) is 37.9 Å². The van der Waals surface area contributed by atoms with Gasteiger partial charge in [-0.1, -0.05) is 12.1 Å². The van der Waals surface area contributed by atoms with Crippen LogP contribution < -0.4 is 15.6 Å². The van der Waals surface area contributed by atoms with Crippen molar-refractivity contribution >= 4 is 39.2 Å². The van der Waals surface area contributed by atoms with Crippen LogP contribution in [0.2, 0.25) is 0 Å². The molecule has 2 aromatic heterocycles. The van der Waals surface area contributed by atoms with Gasteiger partial charge in [0.25, 0.3) is 5.56 Å². The summed E-state index contributed by atoms with van der Waals surface area (Å²) in [4.78, 5) is 34.2. The maximum Gasteiger partial charge on any atom is 0.259 e. The van der Waals surface area contributed by atoms with Gasteiger partial charge in [-0.15, -0.1) is 23.1 Å². The minimum Gasteiger partial charge on any atom is -0.497 e. The summed E-state index contributed by atoms with van der Waals surface area (Å²) in [6.07, 6.45) is 4.96. The number of nitrogens with zero attached hydrogens (tertiary/aromatic N) is 1. The van der Waals surface area contributed by atoms with Crippen molar-refractivity contribution in [3.63, 3.8) is 0 Å². The Bertz CT molecular complexity index is 1090. The lowest BCUT2D eigenvalue weighted by Gasteiger charge is -2.06. The van der Waals surface area contributed by atoms with E-state index in [2.05, 4.69) is 15.3 Å². The molecule has 3 aromatic rings. The summed E-state index contributed by atoms with van der Waals surface area (Å²) in [5.41, 5.74) is 2.37. The number of rotatable bonds is 9. The van der Waals surface area contributed by atoms with E-state index in [9.17, 15) is 9.59 Å². The number of hydrogen-bond acceptors (Lipinski definition) is 6. The SMILES string of the molecule is COc1ccc(CCCNC(=O)CSCc2nc3sc4c(c3c(=O)[nH]2)CCC4)cc1. The summed E-state index contributed by atoms with van der Waals surface area (Å²) in [5, 5.41) is 3.73. The fourth-order valence-corrected chi connectivity index (χ4v) is 5.72. The predicted molar refractivity (Wildman–Crippen MR) is 123 cm³/mol. The zero-order valence-corrected chi connectivity index (χ0v) is 18.6. The number of benzene rings is 1. The third kappa shape index (κ3) is 4.87. The lowest BCUT2D eigenvalue weighted by Crippen LogP contribution is -2.26. The Balaban J connectivity index is 1.19. The summed E-state index contributed by atoms with van der Waals surface area (Å²) >= 11 is 3.11. The Morgan fingerprint density at radius 2 is 2.13 bits per heavy atom. The fourth-order valence-electron chi connectivity index (χ4n) is 3.72. The number of carbonyl (C=O) groups excluding carboxylic acids is 1. The average Bonchev–Trinajstić information content (AvgIpc) is 3.32. The molecule has 30 heavy (non-hydrogen) atoms. The Morgan fingerprint density at radius 1 is 1.30 bits per heavy atom. The fraction of sp³-hybridized carbons (Fsp3) is 0.409. The highest BCUT2D eigenvalue weighted by Crippen LogP contribution is 2.34. The van der Waals surface area contributed by atoms with E-state index in [0.29, 0.717) is 23.9 Å². The molecule has 6 nitrogen and oxygen atoms in total. The summed E-state index contributed by atoms with van der Waals surface area (Å²) in [5.74, 6) is 2.37. The van der Waals surface area contributed by atoms with Crippen molar-refractivity contribution in [2.75, 3.05) is 19.4 Å². The Labute approximate surface area is 183 Å². The molecule has 4 rings (SSSR count). The van der Waals surface area contributed by atoms with E-state index in [-0.39, 0.29) is 11.5 Å². The van der Waals surface area contributed by atoms with Crippen molar-refractivity contribution in [3.8, 4) is 5.75 Å². The molecule has 0 atom stereocenters. The Morgan fingerprint density at radius 3 is 2.93 bits per heavy atom. The van der Waals surface area contributed by atoms with E-state index in [4.69, 9.17) is 4.74 Å². The number of amides is 1. The molecule has 0 saturated heterocycles.